The molecule has 10 heteroatoms. The van der Waals surface area contributed by atoms with Crippen molar-refractivity contribution in [1.82, 2.24) is 15.8 Å². The fraction of sp³-hybridized carbons (Fsp3) is 0.217. The van der Waals surface area contributed by atoms with Gasteiger partial charge >= 0.3 is 5.97 Å². The van der Waals surface area contributed by atoms with Crippen molar-refractivity contribution in [2.24, 2.45) is 5.92 Å². The number of allylic oxidation sites excluding steroid dienone is 1. The maximum Gasteiger partial charge on any atom is 0.306 e. The minimum Gasteiger partial charge on any atom is -0.481 e. The van der Waals surface area contributed by atoms with Crippen LogP contribution in [0.5, 0.6) is 0 Å². The van der Waals surface area contributed by atoms with E-state index in [1.807, 2.05) is 0 Å². The lowest BCUT2D eigenvalue weighted by Gasteiger charge is -2.31. The van der Waals surface area contributed by atoms with Gasteiger partial charge in [-0.1, -0.05) is 48.3 Å². The molecule has 1 aliphatic rings. The summed E-state index contributed by atoms with van der Waals surface area (Å²) in [6.45, 7) is 1.64. The lowest BCUT2D eigenvalue weighted by Crippen LogP contribution is -2.49. The molecule has 3 rings (SSSR count). The van der Waals surface area contributed by atoms with Crippen LogP contribution in [0.3, 0.4) is 0 Å². The third-order valence-electron chi connectivity index (χ3n) is 5.27. The molecule has 2 aromatic rings. The Hall–Kier alpha value is -3.36. The van der Waals surface area contributed by atoms with Crippen LogP contribution in [0.4, 0.5) is 0 Å². The Morgan fingerprint density at radius 3 is 2.55 bits per heavy atom. The summed E-state index contributed by atoms with van der Waals surface area (Å²) < 4.78 is 0. The van der Waals surface area contributed by atoms with Crippen molar-refractivity contribution in [3.8, 4) is 0 Å². The van der Waals surface area contributed by atoms with Gasteiger partial charge < -0.3 is 15.8 Å². The van der Waals surface area contributed by atoms with Gasteiger partial charge in [0.1, 0.15) is 0 Å². The molecule has 0 aliphatic carbocycles. The zero-order valence-electron chi connectivity index (χ0n) is 17.9. The monoisotopic (exact) mass is 488 g/mol. The molecule has 1 heterocycles. The summed E-state index contributed by atoms with van der Waals surface area (Å²) in [6, 6.07) is 8.21. The van der Waals surface area contributed by atoms with E-state index < -0.39 is 23.7 Å². The summed E-state index contributed by atoms with van der Waals surface area (Å²) in [4.78, 5) is 37.3. The number of aliphatic carboxylic acids is 1. The summed E-state index contributed by atoms with van der Waals surface area (Å²) in [7, 11) is 1.69. The number of hydrazine groups is 1. The topological polar surface area (TPSA) is 123 Å². The number of rotatable bonds is 7. The maximum atomic E-state index is 13.2. The molecule has 33 heavy (non-hydrogen) atoms. The molecule has 1 atom stereocenters. The van der Waals surface area contributed by atoms with Crippen molar-refractivity contribution >= 4 is 52.8 Å². The summed E-state index contributed by atoms with van der Waals surface area (Å²) in [5, 5.41) is 20.9. The van der Waals surface area contributed by atoms with Crippen molar-refractivity contribution in [3.63, 3.8) is 0 Å². The Labute approximate surface area is 200 Å². The van der Waals surface area contributed by atoms with Gasteiger partial charge in [-0.25, -0.2) is 5.01 Å². The van der Waals surface area contributed by atoms with E-state index in [4.69, 9.17) is 28.6 Å². The maximum absolute atomic E-state index is 13.2. The number of hydrogen-bond acceptors (Lipinski definition) is 5. The lowest BCUT2D eigenvalue weighted by molar-refractivity contribution is -0.141. The SMILES string of the molecule is CN/C=C(\C=N)c1cc(Cl)c(C(=O)N2Cc3cccc(C[C@H](C)C(=O)O)c3C(=O)N2)c(Cl)c1. The Bertz CT molecular complexity index is 1160. The number of halogens is 2. The molecular formula is C23H22Cl2N4O4. The number of nitrogens with one attached hydrogen (secondary N) is 3. The van der Waals surface area contributed by atoms with Gasteiger partial charge in [0.25, 0.3) is 11.8 Å². The molecule has 0 aromatic heterocycles. The Balaban J connectivity index is 1.92. The Morgan fingerprint density at radius 1 is 1.30 bits per heavy atom. The number of benzene rings is 2. The quantitative estimate of drug-likeness (QED) is 0.441. The van der Waals surface area contributed by atoms with Crippen molar-refractivity contribution in [3.05, 3.63) is 74.4 Å². The number of carboxylic acid groups (broad SMARTS) is 1. The molecule has 0 saturated carbocycles. The second-order valence-corrected chi connectivity index (χ2v) is 8.39. The van der Waals surface area contributed by atoms with Crippen LogP contribution in [-0.2, 0) is 17.8 Å². The fourth-order valence-corrected chi connectivity index (χ4v) is 4.27. The van der Waals surface area contributed by atoms with Gasteiger partial charge in [-0.2, -0.15) is 0 Å². The molecule has 0 spiro atoms. The standard InChI is InChI=1S/C23H22Cl2N4O4/c1-12(23(32)33)6-13-4-3-5-14-11-29(28-21(30)19(13)14)22(31)20-17(24)7-15(8-18(20)25)16(9-26)10-27-2/h3-5,7-10,12,26-27H,6,11H2,1-2H3,(H,28,30)(H,32,33)/b16-10+,26-9?/t12-/m0/s1. The number of carboxylic acids is 1. The number of carbonyl (C=O) groups is 3. The van der Waals surface area contributed by atoms with E-state index in [0.29, 0.717) is 27.8 Å². The number of amides is 2. The number of carbonyl (C=O) groups excluding carboxylic acids is 2. The minimum absolute atomic E-state index is 0.0234. The van der Waals surface area contributed by atoms with E-state index in [-0.39, 0.29) is 28.6 Å². The van der Waals surface area contributed by atoms with E-state index in [1.165, 1.54) is 12.1 Å². The average molecular weight is 489 g/mol. The molecule has 2 amide bonds. The highest BCUT2D eigenvalue weighted by atomic mass is 35.5. The van der Waals surface area contributed by atoms with Crippen LogP contribution >= 0.6 is 23.2 Å². The van der Waals surface area contributed by atoms with Gasteiger partial charge in [0.05, 0.1) is 28.1 Å². The van der Waals surface area contributed by atoms with Gasteiger partial charge in [0.2, 0.25) is 0 Å². The smallest absolute Gasteiger partial charge is 0.306 e. The predicted octanol–water partition coefficient (Wildman–Crippen LogP) is 3.77. The van der Waals surface area contributed by atoms with Crippen LogP contribution in [0.25, 0.3) is 5.57 Å². The van der Waals surface area contributed by atoms with Crippen LogP contribution < -0.4 is 10.7 Å². The average Bonchev–Trinajstić information content (AvgIpc) is 2.76. The van der Waals surface area contributed by atoms with Crippen LogP contribution in [0, 0.1) is 11.3 Å². The molecule has 172 valence electrons. The van der Waals surface area contributed by atoms with Crippen LogP contribution in [-0.4, -0.2) is 41.2 Å². The summed E-state index contributed by atoms with van der Waals surface area (Å²) in [5.74, 6) is -2.72. The van der Waals surface area contributed by atoms with E-state index in [2.05, 4.69) is 10.7 Å². The van der Waals surface area contributed by atoms with E-state index in [1.54, 1.807) is 38.4 Å². The highest BCUT2D eigenvalue weighted by Gasteiger charge is 2.31. The second-order valence-electron chi connectivity index (χ2n) is 7.57. The van der Waals surface area contributed by atoms with Crippen molar-refractivity contribution < 1.29 is 19.5 Å². The van der Waals surface area contributed by atoms with E-state index in [0.717, 1.165) is 11.2 Å². The molecule has 8 nitrogen and oxygen atoms in total. The molecule has 0 radical (unpaired) electrons. The van der Waals surface area contributed by atoms with Crippen LogP contribution in [0.2, 0.25) is 10.0 Å². The first-order chi connectivity index (χ1) is 15.7. The molecule has 4 N–H and O–H groups in total. The van der Waals surface area contributed by atoms with Crippen molar-refractivity contribution in [2.75, 3.05) is 7.05 Å². The number of fused-ring (bicyclic) bond motifs is 1. The molecule has 0 fully saturated rings. The highest BCUT2D eigenvalue weighted by Crippen LogP contribution is 2.32. The normalized spacial score (nSPS) is 14.2. The fourth-order valence-electron chi connectivity index (χ4n) is 3.62. The summed E-state index contributed by atoms with van der Waals surface area (Å²) >= 11 is 12.8. The van der Waals surface area contributed by atoms with Crippen molar-refractivity contribution in [2.45, 2.75) is 19.9 Å². The van der Waals surface area contributed by atoms with Gasteiger partial charge in [-0.05, 0) is 35.2 Å². The third-order valence-corrected chi connectivity index (χ3v) is 5.86. The van der Waals surface area contributed by atoms with E-state index >= 15 is 0 Å². The third kappa shape index (κ3) is 5.02. The first-order valence-corrected chi connectivity index (χ1v) is 10.8. The Kier molecular flexibility index (Phi) is 7.40. The number of nitrogens with zero attached hydrogens (tertiary/aromatic N) is 1. The summed E-state index contributed by atoms with van der Waals surface area (Å²) in [6.07, 6.45) is 2.92. The zero-order chi connectivity index (χ0) is 24.3. The Morgan fingerprint density at radius 2 is 1.97 bits per heavy atom. The minimum atomic E-state index is -0.955. The van der Waals surface area contributed by atoms with Crippen LogP contribution in [0.15, 0.2) is 36.5 Å². The highest BCUT2D eigenvalue weighted by molar-refractivity contribution is 6.40. The molecule has 0 saturated heterocycles. The first kappa shape index (κ1) is 24.3. The summed E-state index contributed by atoms with van der Waals surface area (Å²) in [5.41, 5.74) is 5.21. The molecule has 2 aromatic carbocycles. The first-order valence-electron chi connectivity index (χ1n) is 10.0. The van der Waals surface area contributed by atoms with Gasteiger partial charge in [0, 0.05) is 30.6 Å². The number of hydrogen-bond donors (Lipinski definition) is 4. The van der Waals surface area contributed by atoms with Crippen molar-refractivity contribution in [1.29, 1.82) is 5.41 Å². The molecule has 0 unspecified atom stereocenters. The molecule has 1 aliphatic heterocycles. The lowest BCUT2D eigenvalue weighted by atomic mass is 9.92. The largest absolute Gasteiger partial charge is 0.481 e. The van der Waals surface area contributed by atoms with Gasteiger partial charge in [-0.15, -0.1) is 0 Å². The van der Waals surface area contributed by atoms with E-state index in [9.17, 15) is 19.5 Å². The van der Waals surface area contributed by atoms with Gasteiger partial charge in [0.15, 0.2) is 0 Å². The second kappa shape index (κ2) is 10.1. The zero-order valence-corrected chi connectivity index (χ0v) is 19.4. The predicted molar refractivity (Wildman–Crippen MR) is 127 cm³/mol. The molecule has 0 bridgehead atoms. The van der Waals surface area contributed by atoms with Crippen LogP contribution in [0.1, 0.15) is 44.3 Å². The molecular weight excluding hydrogens is 467 g/mol. The van der Waals surface area contributed by atoms with Gasteiger partial charge in [-0.3, -0.25) is 19.8 Å².